The highest BCUT2D eigenvalue weighted by Crippen LogP contribution is 2.34. The van der Waals surface area contributed by atoms with E-state index >= 15 is 0 Å². The minimum absolute atomic E-state index is 0.0105. The first-order valence-corrected chi connectivity index (χ1v) is 5.91. The van der Waals surface area contributed by atoms with Gasteiger partial charge in [-0.15, -0.1) is 0 Å². The van der Waals surface area contributed by atoms with Gasteiger partial charge in [-0.2, -0.15) is 0 Å². The molecule has 0 amide bonds. The summed E-state index contributed by atoms with van der Waals surface area (Å²) in [6.07, 6.45) is 0. The molecule has 0 atom stereocenters. The molecule has 0 unspecified atom stereocenters. The quantitative estimate of drug-likeness (QED) is 0.866. The van der Waals surface area contributed by atoms with E-state index in [0.717, 1.165) is 15.8 Å². The van der Waals surface area contributed by atoms with Crippen molar-refractivity contribution in [3.63, 3.8) is 0 Å². The Morgan fingerprint density at radius 3 is 2.56 bits per heavy atom. The lowest BCUT2D eigenvalue weighted by atomic mass is 9.99. The van der Waals surface area contributed by atoms with Gasteiger partial charge in [-0.3, -0.25) is 4.79 Å². The summed E-state index contributed by atoms with van der Waals surface area (Å²) < 4.78 is 6.19. The van der Waals surface area contributed by atoms with Gasteiger partial charge in [-0.25, -0.2) is 0 Å². The zero-order valence-electron chi connectivity index (χ0n) is 9.71. The predicted octanol–water partition coefficient (Wildman–Crippen LogP) is 2.72. The standard InChI is InChI=1S/C12H16BrNO2/c1-7(2)12-9(13)4-8(10(15)6-14)5-11(12)16-3/h4-5,7H,6,14H2,1-3H3. The Morgan fingerprint density at radius 1 is 1.50 bits per heavy atom. The monoisotopic (exact) mass is 285 g/mol. The van der Waals surface area contributed by atoms with Gasteiger partial charge in [-0.1, -0.05) is 29.8 Å². The smallest absolute Gasteiger partial charge is 0.176 e. The van der Waals surface area contributed by atoms with Crippen LogP contribution in [0.1, 0.15) is 35.7 Å². The average Bonchev–Trinajstić information content (AvgIpc) is 2.26. The summed E-state index contributed by atoms with van der Waals surface area (Å²) in [6, 6.07) is 3.54. The van der Waals surface area contributed by atoms with Crippen LogP contribution in [0, 0.1) is 0 Å². The van der Waals surface area contributed by atoms with E-state index in [4.69, 9.17) is 10.5 Å². The number of ether oxygens (including phenoxy) is 1. The lowest BCUT2D eigenvalue weighted by molar-refractivity contribution is 0.100. The first-order chi connectivity index (χ1) is 7.51. The lowest BCUT2D eigenvalue weighted by Gasteiger charge is -2.15. The SMILES string of the molecule is COc1cc(C(=O)CN)cc(Br)c1C(C)C. The maximum absolute atomic E-state index is 11.5. The summed E-state index contributed by atoms with van der Waals surface area (Å²) >= 11 is 3.46. The summed E-state index contributed by atoms with van der Waals surface area (Å²) in [7, 11) is 1.60. The van der Waals surface area contributed by atoms with Crippen LogP contribution in [0.5, 0.6) is 5.75 Å². The third kappa shape index (κ3) is 2.62. The minimum atomic E-state index is -0.0886. The summed E-state index contributed by atoms with van der Waals surface area (Å²) in [5, 5.41) is 0. The summed E-state index contributed by atoms with van der Waals surface area (Å²) in [5.41, 5.74) is 6.98. The van der Waals surface area contributed by atoms with E-state index in [0.29, 0.717) is 11.5 Å². The van der Waals surface area contributed by atoms with Crippen LogP contribution in [0.2, 0.25) is 0 Å². The maximum atomic E-state index is 11.5. The third-order valence-corrected chi connectivity index (χ3v) is 3.05. The van der Waals surface area contributed by atoms with Gasteiger partial charge in [0.2, 0.25) is 0 Å². The Kier molecular flexibility index (Phi) is 4.50. The molecule has 3 nitrogen and oxygen atoms in total. The highest BCUT2D eigenvalue weighted by molar-refractivity contribution is 9.10. The molecule has 0 radical (unpaired) electrons. The third-order valence-electron chi connectivity index (χ3n) is 2.40. The van der Waals surface area contributed by atoms with Crippen molar-refractivity contribution in [1.82, 2.24) is 0 Å². The molecule has 2 N–H and O–H groups in total. The predicted molar refractivity (Wildman–Crippen MR) is 68.2 cm³/mol. The molecule has 0 heterocycles. The minimum Gasteiger partial charge on any atom is -0.496 e. The second-order valence-corrected chi connectivity index (χ2v) is 4.71. The van der Waals surface area contributed by atoms with Crippen molar-refractivity contribution < 1.29 is 9.53 Å². The van der Waals surface area contributed by atoms with Gasteiger partial charge >= 0.3 is 0 Å². The van der Waals surface area contributed by atoms with E-state index in [1.165, 1.54) is 0 Å². The lowest BCUT2D eigenvalue weighted by Crippen LogP contribution is -2.14. The fourth-order valence-electron chi connectivity index (χ4n) is 1.60. The first-order valence-electron chi connectivity index (χ1n) is 5.12. The van der Waals surface area contributed by atoms with E-state index < -0.39 is 0 Å². The molecule has 1 rings (SSSR count). The summed E-state index contributed by atoms with van der Waals surface area (Å²) in [4.78, 5) is 11.5. The number of methoxy groups -OCH3 is 1. The van der Waals surface area contributed by atoms with E-state index in [-0.39, 0.29) is 12.3 Å². The van der Waals surface area contributed by atoms with Crippen molar-refractivity contribution in [2.75, 3.05) is 13.7 Å². The van der Waals surface area contributed by atoms with Gasteiger partial charge < -0.3 is 10.5 Å². The molecule has 88 valence electrons. The van der Waals surface area contributed by atoms with Crippen LogP contribution < -0.4 is 10.5 Å². The number of Topliss-reactive ketones (excluding diaryl/α,β-unsaturated/α-hetero) is 1. The number of carbonyl (C=O) groups is 1. The Labute approximate surface area is 104 Å². The van der Waals surface area contributed by atoms with Crippen LogP contribution in [0.4, 0.5) is 0 Å². The van der Waals surface area contributed by atoms with Crippen molar-refractivity contribution in [1.29, 1.82) is 0 Å². The zero-order valence-corrected chi connectivity index (χ0v) is 11.3. The van der Waals surface area contributed by atoms with Crippen molar-refractivity contribution in [3.05, 3.63) is 27.7 Å². The molecule has 0 spiro atoms. The molecule has 1 aromatic carbocycles. The van der Waals surface area contributed by atoms with Crippen LogP contribution in [-0.2, 0) is 0 Å². The molecule has 0 aliphatic rings. The molecular weight excluding hydrogens is 270 g/mol. The largest absolute Gasteiger partial charge is 0.496 e. The Bertz CT molecular complexity index is 402. The number of hydrogen-bond acceptors (Lipinski definition) is 3. The van der Waals surface area contributed by atoms with E-state index in [2.05, 4.69) is 29.8 Å². The number of nitrogens with two attached hydrogens (primary N) is 1. The normalized spacial score (nSPS) is 10.6. The second kappa shape index (κ2) is 5.46. The van der Waals surface area contributed by atoms with Crippen molar-refractivity contribution in [2.24, 2.45) is 5.73 Å². The topological polar surface area (TPSA) is 52.3 Å². The Morgan fingerprint density at radius 2 is 2.12 bits per heavy atom. The summed E-state index contributed by atoms with van der Waals surface area (Å²) in [6.45, 7) is 4.16. The Balaban J connectivity index is 3.32. The number of carbonyl (C=O) groups excluding carboxylic acids is 1. The number of ketones is 1. The van der Waals surface area contributed by atoms with E-state index in [1.54, 1.807) is 19.2 Å². The number of benzene rings is 1. The highest BCUT2D eigenvalue weighted by Gasteiger charge is 2.15. The molecular formula is C12H16BrNO2. The first kappa shape index (κ1) is 13.2. The van der Waals surface area contributed by atoms with Gasteiger partial charge in [0.05, 0.1) is 13.7 Å². The molecule has 4 heteroatoms. The van der Waals surface area contributed by atoms with Crippen LogP contribution in [0.25, 0.3) is 0 Å². The molecule has 0 aliphatic heterocycles. The Hall–Kier alpha value is -0.870. The molecule has 0 bridgehead atoms. The fourth-order valence-corrected chi connectivity index (χ4v) is 2.50. The van der Waals surface area contributed by atoms with Crippen LogP contribution in [0.15, 0.2) is 16.6 Å². The van der Waals surface area contributed by atoms with E-state index in [9.17, 15) is 4.79 Å². The number of rotatable bonds is 4. The molecule has 0 fully saturated rings. The molecule has 0 aromatic heterocycles. The van der Waals surface area contributed by atoms with Gasteiger partial charge in [0.15, 0.2) is 5.78 Å². The highest BCUT2D eigenvalue weighted by atomic mass is 79.9. The van der Waals surface area contributed by atoms with Gasteiger partial charge in [0, 0.05) is 15.6 Å². The molecule has 16 heavy (non-hydrogen) atoms. The molecule has 0 aliphatic carbocycles. The van der Waals surface area contributed by atoms with Crippen LogP contribution >= 0.6 is 15.9 Å². The average molecular weight is 286 g/mol. The van der Waals surface area contributed by atoms with Crippen LogP contribution in [0.3, 0.4) is 0 Å². The van der Waals surface area contributed by atoms with Gasteiger partial charge in [-0.05, 0) is 18.1 Å². The van der Waals surface area contributed by atoms with Gasteiger partial charge in [0.25, 0.3) is 0 Å². The number of halogens is 1. The van der Waals surface area contributed by atoms with Crippen LogP contribution in [-0.4, -0.2) is 19.4 Å². The molecule has 1 aromatic rings. The second-order valence-electron chi connectivity index (χ2n) is 3.86. The molecule has 0 saturated carbocycles. The van der Waals surface area contributed by atoms with Crippen molar-refractivity contribution in [2.45, 2.75) is 19.8 Å². The summed E-state index contributed by atoms with van der Waals surface area (Å²) in [5.74, 6) is 0.960. The van der Waals surface area contributed by atoms with Gasteiger partial charge in [0.1, 0.15) is 5.75 Å². The number of hydrogen-bond donors (Lipinski definition) is 1. The van der Waals surface area contributed by atoms with Crippen molar-refractivity contribution in [3.8, 4) is 5.75 Å². The molecule has 0 saturated heterocycles. The van der Waals surface area contributed by atoms with E-state index in [1.807, 2.05) is 0 Å². The maximum Gasteiger partial charge on any atom is 0.176 e. The van der Waals surface area contributed by atoms with Crippen molar-refractivity contribution >= 4 is 21.7 Å². The fraction of sp³-hybridized carbons (Fsp3) is 0.417. The zero-order chi connectivity index (χ0) is 12.3.